The minimum Gasteiger partial charge on any atom is -0.382 e. The lowest BCUT2D eigenvalue weighted by Crippen LogP contribution is -2.20. The second kappa shape index (κ2) is 7.43. The quantitative estimate of drug-likeness (QED) is 0.743. The van der Waals surface area contributed by atoms with Gasteiger partial charge in [-0.25, -0.2) is 4.98 Å². The number of methoxy groups -OCH3 is 1. The Kier molecular flexibility index (Phi) is 5.54. The third-order valence-corrected chi connectivity index (χ3v) is 3.51. The van der Waals surface area contributed by atoms with Gasteiger partial charge in [-0.1, -0.05) is 12.1 Å². The second-order valence-corrected chi connectivity index (χ2v) is 4.97. The summed E-state index contributed by atoms with van der Waals surface area (Å²) in [6, 6.07) is 8.21. The van der Waals surface area contributed by atoms with Gasteiger partial charge in [0, 0.05) is 20.2 Å². The van der Waals surface area contributed by atoms with Crippen LogP contribution in [-0.4, -0.2) is 38.5 Å². The molecule has 0 aliphatic rings. The Morgan fingerprint density at radius 3 is 2.94 bits per heavy atom. The van der Waals surface area contributed by atoms with E-state index in [9.17, 15) is 0 Å². The van der Waals surface area contributed by atoms with Crippen LogP contribution in [0.1, 0.15) is 5.01 Å². The Morgan fingerprint density at radius 2 is 2.11 bits per heavy atom. The van der Waals surface area contributed by atoms with Crippen molar-refractivity contribution in [3.63, 3.8) is 0 Å². The van der Waals surface area contributed by atoms with E-state index >= 15 is 0 Å². The zero-order chi connectivity index (χ0) is 12.6. The number of aromatic nitrogens is 1. The van der Waals surface area contributed by atoms with Crippen LogP contribution < -0.4 is 5.32 Å². The topological polar surface area (TPSA) is 43.4 Å². The summed E-state index contributed by atoms with van der Waals surface area (Å²) in [4.78, 5) is 4.56. The van der Waals surface area contributed by atoms with E-state index in [-0.39, 0.29) is 0 Å². The van der Waals surface area contributed by atoms with Crippen molar-refractivity contribution in [2.45, 2.75) is 6.54 Å². The summed E-state index contributed by atoms with van der Waals surface area (Å²) in [5.41, 5.74) is 1.08. The molecule has 0 saturated heterocycles. The predicted octanol–water partition coefficient (Wildman–Crippen LogP) is 2.05. The van der Waals surface area contributed by atoms with E-state index in [2.05, 4.69) is 16.4 Å². The molecule has 0 atom stereocenters. The van der Waals surface area contributed by atoms with Gasteiger partial charge in [0.15, 0.2) is 0 Å². The Balaban J connectivity index is 1.67. The summed E-state index contributed by atoms with van der Waals surface area (Å²) in [6.07, 6.45) is 0. The van der Waals surface area contributed by atoms with Gasteiger partial charge in [-0.05, 0) is 12.1 Å². The first-order valence-corrected chi connectivity index (χ1v) is 6.83. The molecule has 4 nitrogen and oxygen atoms in total. The Bertz CT molecular complexity index is 440. The minimum atomic E-state index is 0.651. The molecule has 0 unspecified atom stereocenters. The van der Waals surface area contributed by atoms with Gasteiger partial charge in [0.25, 0.3) is 0 Å². The SMILES string of the molecule is COCCOCCNCc1nc2ccccc2s1. The number of nitrogens with one attached hydrogen (secondary N) is 1. The van der Waals surface area contributed by atoms with Crippen LogP contribution in [-0.2, 0) is 16.0 Å². The number of hydrogen-bond donors (Lipinski definition) is 1. The van der Waals surface area contributed by atoms with E-state index in [1.165, 1.54) is 4.70 Å². The smallest absolute Gasteiger partial charge is 0.108 e. The molecule has 1 heterocycles. The molecule has 0 bridgehead atoms. The fourth-order valence-electron chi connectivity index (χ4n) is 1.58. The monoisotopic (exact) mass is 266 g/mol. The molecular formula is C13H18N2O2S. The van der Waals surface area contributed by atoms with Crippen LogP contribution in [0.5, 0.6) is 0 Å². The van der Waals surface area contributed by atoms with Crippen LogP contribution >= 0.6 is 11.3 Å². The second-order valence-electron chi connectivity index (χ2n) is 3.86. The molecule has 1 N–H and O–H groups in total. The summed E-state index contributed by atoms with van der Waals surface area (Å²) in [5.74, 6) is 0. The van der Waals surface area contributed by atoms with Crippen LogP contribution in [0, 0.1) is 0 Å². The molecule has 0 amide bonds. The molecule has 2 aromatic rings. The fourth-order valence-corrected chi connectivity index (χ4v) is 2.52. The molecular weight excluding hydrogens is 248 g/mol. The highest BCUT2D eigenvalue weighted by Crippen LogP contribution is 2.20. The average molecular weight is 266 g/mol. The maximum Gasteiger partial charge on any atom is 0.108 e. The molecule has 2 rings (SSSR count). The van der Waals surface area contributed by atoms with Gasteiger partial charge in [0.1, 0.15) is 5.01 Å². The van der Waals surface area contributed by atoms with Crippen LogP contribution in [0.2, 0.25) is 0 Å². The van der Waals surface area contributed by atoms with Crippen molar-refractivity contribution in [1.82, 2.24) is 10.3 Å². The number of thiazole rings is 1. The first-order chi connectivity index (χ1) is 8.90. The van der Waals surface area contributed by atoms with Crippen LogP contribution in [0.4, 0.5) is 0 Å². The van der Waals surface area contributed by atoms with E-state index in [0.29, 0.717) is 19.8 Å². The van der Waals surface area contributed by atoms with Crippen LogP contribution in [0.3, 0.4) is 0 Å². The third-order valence-electron chi connectivity index (χ3n) is 2.47. The number of hydrogen-bond acceptors (Lipinski definition) is 5. The number of nitrogens with zero attached hydrogens (tertiary/aromatic N) is 1. The first kappa shape index (κ1) is 13.4. The van der Waals surface area contributed by atoms with Crippen molar-refractivity contribution in [2.75, 3.05) is 33.5 Å². The summed E-state index contributed by atoms with van der Waals surface area (Å²) in [6.45, 7) is 3.64. The summed E-state index contributed by atoms with van der Waals surface area (Å²) < 4.78 is 11.5. The molecule has 18 heavy (non-hydrogen) atoms. The Hall–Kier alpha value is -1.01. The molecule has 0 aliphatic heterocycles. The van der Waals surface area contributed by atoms with Crippen LogP contribution in [0.15, 0.2) is 24.3 Å². The standard InChI is InChI=1S/C13H18N2O2S/c1-16-8-9-17-7-6-14-10-13-15-11-4-2-3-5-12(11)18-13/h2-5,14H,6-10H2,1H3. The maximum atomic E-state index is 5.37. The normalized spacial score (nSPS) is 11.2. The highest BCUT2D eigenvalue weighted by atomic mass is 32.1. The van der Waals surface area contributed by atoms with Gasteiger partial charge in [-0.2, -0.15) is 0 Å². The molecule has 0 fully saturated rings. The molecule has 1 aromatic carbocycles. The number of para-hydroxylation sites is 1. The average Bonchev–Trinajstić information content (AvgIpc) is 2.80. The van der Waals surface area contributed by atoms with E-state index < -0.39 is 0 Å². The van der Waals surface area contributed by atoms with Gasteiger partial charge in [-0.15, -0.1) is 11.3 Å². The van der Waals surface area contributed by atoms with Crippen molar-refractivity contribution in [3.8, 4) is 0 Å². The predicted molar refractivity (Wildman–Crippen MR) is 74.0 cm³/mol. The molecule has 0 radical (unpaired) electrons. The van der Waals surface area contributed by atoms with Crippen molar-refractivity contribution >= 4 is 21.6 Å². The highest BCUT2D eigenvalue weighted by molar-refractivity contribution is 7.18. The molecule has 1 aromatic heterocycles. The third kappa shape index (κ3) is 4.03. The van der Waals surface area contributed by atoms with Gasteiger partial charge in [0.05, 0.1) is 30.0 Å². The van der Waals surface area contributed by atoms with Gasteiger partial charge in [-0.3, -0.25) is 0 Å². The zero-order valence-electron chi connectivity index (χ0n) is 10.5. The molecule has 5 heteroatoms. The summed E-state index contributed by atoms with van der Waals surface area (Å²) in [5, 5.41) is 4.44. The minimum absolute atomic E-state index is 0.651. The van der Waals surface area contributed by atoms with E-state index in [0.717, 1.165) is 23.6 Å². The lowest BCUT2D eigenvalue weighted by molar-refractivity contribution is 0.0719. The lowest BCUT2D eigenvalue weighted by atomic mass is 10.3. The highest BCUT2D eigenvalue weighted by Gasteiger charge is 2.01. The number of benzene rings is 1. The Morgan fingerprint density at radius 1 is 1.22 bits per heavy atom. The van der Waals surface area contributed by atoms with E-state index in [4.69, 9.17) is 9.47 Å². The van der Waals surface area contributed by atoms with Crippen molar-refractivity contribution < 1.29 is 9.47 Å². The van der Waals surface area contributed by atoms with Crippen molar-refractivity contribution in [2.24, 2.45) is 0 Å². The summed E-state index contributed by atoms with van der Waals surface area (Å²) in [7, 11) is 1.68. The number of fused-ring (bicyclic) bond motifs is 1. The first-order valence-electron chi connectivity index (χ1n) is 6.02. The van der Waals surface area contributed by atoms with Crippen molar-refractivity contribution in [1.29, 1.82) is 0 Å². The fraction of sp³-hybridized carbons (Fsp3) is 0.462. The lowest BCUT2D eigenvalue weighted by Gasteiger charge is -2.04. The Labute approximate surface area is 111 Å². The molecule has 0 aliphatic carbocycles. The zero-order valence-corrected chi connectivity index (χ0v) is 11.3. The molecule has 0 spiro atoms. The van der Waals surface area contributed by atoms with Crippen LogP contribution in [0.25, 0.3) is 10.2 Å². The number of ether oxygens (including phenoxy) is 2. The maximum absolute atomic E-state index is 5.37. The van der Waals surface area contributed by atoms with E-state index in [1.54, 1.807) is 18.4 Å². The van der Waals surface area contributed by atoms with Crippen molar-refractivity contribution in [3.05, 3.63) is 29.3 Å². The van der Waals surface area contributed by atoms with Gasteiger partial charge >= 0.3 is 0 Å². The molecule has 0 saturated carbocycles. The van der Waals surface area contributed by atoms with E-state index in [1.807, 2.05) is 18.2 Å². The summed E-state index contributed by atoms with van der Waals surface area (Å²) >= 11 is 1.73. The largest absolute Gasteiger partial charge is 0.382 e. The molecule has 98 valence electrons. The van der Waals surface area contributed by atoms with Gasteiger partial charge in [0.2, 0.25) is 0 Å². The number of rotatable bonds is 8. The van der Waals surface area contributed by atoms with Gasteiger partial charge < -0.3 is 14.8 Å².